The molecule has 10 rings (SSSR count). The molecule has 0 spiro atoms. The molecule has 0 aliphatic heterocycles. The molecule has 0 amide bonds. The van der Waals surface area contributed by atoms with Gasteiger partial charge in [0.15, 0.2) is 0 Å². The van der Waals surface area contributed by atoms with Gasteiger partial charge in [0.05, 0.1) is 5.69 Å². The first-order valence-corrected chi connectivity index (χ1v) is 16.4. The highest BCUT2D eigenvalue weighted by Crippen LogP contribution is 2.46. The number of pyridine rings is 2. The van der Waals surface area contributed by atoms with Gasteiger partial charge in [0.25, 0.3) is 0 Å². The van der Waals surface area contributed by atoms with Crippen LogP contribution in [0.3, 0.4) is 0 Å². The van der Waals surface area contributed by atoms with Crippen molar-refractivity contribution in [1.82, 2.24) is 25.0 Å². The van der Waals surface area contributed by atoms with E-state index in [9.17, 15) is 0 Å². The molecule has 49 heavy (non-hydrogen) atoms. The molecule has 0 aliphatic carbocycles. The van der Waals surface area contributed by atoms with E-state index in [0.717, 1.165) is 55.1 Å². The van der Waals surface area contributed by atoms with E-state index in [1.807, 2.05) is 30.9 Å². The molecule has 7 aromatic carbocycles. The van der Waals surface area contributed by atoms with Gasteiger partial charge in [0.1, 0.15) is 11.0 Å². The molecule has 5 heteroatoms. The maximum atomic E-state index is 5.08. The van der Waals surface area contributed by atoms with Gasteiger partial charge in [-0.05, 0) is 90.5 Å². The predicted octanol–water partition coefficient (Wildman–Crippen LogP) is 10.8. The van der Waals surface area contributed by atoms with Crippen LogP contribution in [0.25, 0.3) is 93.2 Å². The first-order chi connectivity index (χ1) is 24.3. The summed E-state index contributed by atoms with van der Waals surface area (Å²) in [5, 5.41) is 19.5. The summed E-state index contributed by atoms with van der Waals surface area (Å²) < 4.78 is 0. The van der Waals surface area contributed by atoms with Crippen molar-refractivity contribution >= 4 is 54.1 Å². The van der Waals surface area contributed by atoms with Crippen molar-refractivity contribution in [2.75, 3.05) is 0 Å². The van der Waals surface area contributed by atoms with Crippen LogP contribution in [0.5, 0.6) is 0 Å². The van der Waals surface area contributed by atoms with Crippen LogP contribution in [0.4, 0.5) is 0 Å². The number of aromatic nitrogens is 5. The van der Waals surface area contributed by atoms with Gasteiger partial charge in [-0.25, -0.2) is 0 Å². The molecule has 0 aliphatic rings. The third kappa shape index (κ3) is 4.33. The Morgan fingerprint density at radius 3 is 1.69 bits per heavy atom. The summed E-state index contributed by atoms with van der Waals surface area (Å²) in [6.07, 6.45) is 7.58. The highest BCUT2D eigenvalue weighted by atomic mass is 15.5. The molecular weight excluding hydrogens is 599 g/mol. The summed E-state index contributed by atoms with van der Waals surface area (Å²) in [4.78, 5) is 10.5. The summed E-state index contributed by atoms with van der Waals surface area (Å²) >= 11 is 0. The Labute approximate surface area is 281 Å². The molecule has 0 radical (unpaired) electrons. The number of nitrogens with zero attached hydrogens (tertiary/aromatic N) is 5. The van der Waals surface area contributed by atoms with Gasteiger partial charge in [0, 0.05) is 41.1 Å². The first-order valence-electron chi connectivity index (χ1n) is 16.4. The van der Waals surface area contributed by atoms with E-state index in [4.69, 9.17) is 10.2 Å². The van der Waals surface area contributed by atoms with E-state index < -0.39 is 0 Å². The molecule has 0 fully saturated rings. The molecule has 0 saturated carbocycles. The van der Waals surface area contributed by atoms with Crippen molar-refractivity contribution < 1.29 is 0 Å². The molecule has 10 aromatic rings. The van der Waals surface area contributed by atoms with Gasteiger partial charge >= 0.3 is 0 Å². The Morgan fingerprint density at radius 2 is 1.00 bits per heavy atom. The lowest BCUT2D eigenvalue weighted by atomic mass is 9.84. The van der Waals surface area contributed by atoms with Crippen LogP contribution in [0.1, 0.15) is 0 Å². The van der Waals surface area contributed by atoms with Crippen LogP contribution < -0.4 is 0 Å². The van der Waals surface area contributed by atoms with E-state index in [1.54, 1.807) is 4.80 Å². The lowest BCUT2D eigenvalue weighted by molar-refractivity contribution is 0.766. The minimum atomic E-state index is 0.849. The van der Waals surface area contributed by atoms with E-state index in [-0.39, 0.29) is 0 Å². The second-order valence-electron chi connectivity index (χ2n) is 12.4. The van der Waals surface area contributed by atoms with E-state index in [2.05, 4.69) is 143 Å². The summed E-state index contributed by atoms with van der Waals surface area (Å²) in [6, 6.07) is 49.2. The molecular formula is C44H27N5. The second kappa shape index (κ2) is 10.9. The Hall–Kier alpha value is -6.72. The minimum absolute atomic E-state index is 0.849. The zero-order valence-electron chi connectivity index (χ0n) is 26.3. The van der Waals surface area contributed by atoms with Crippen molar-refractivity contribution in [2.45, 2.75) is 0 Å². The minimum Gasteiger partial charge on any atom is -0.265 e. The number of hydrogen-bond acceptors (Lipinski definition) is 4. The fraction of sp³-hybridized carbons (Fsp3) is 0. The number of rotatable bonds is 4. The topological polar surface area (TPSA) is 56.5 Å². The molecule has 0 saturated heterocycles. The van der Waals surface area contributed by atoms with Gasteiger partial charge in [0.2, 0.25) is 0 Å². The normalized spacial score (nSPS) is 11.7. The van der Waals surface area contributed by atoms with Crippen LogP contribution in [-0.4, -0.2) is 25.0 Å². The highest BCUT2D eigenvalue weighted by Gasteiger charge is 2.20. The second-order valence-corrected chi connectivity index (χ2v) is 12.4. The molecule has 0 bridgehead atoms. The van der Waals surface area contributed by atoms with Crippen LogP contribution in [0.2, 0.25) is 0 Å². The summed E-state index contributed by atoms with van der Waals surface area (Å²) in [5.41, 5.74) is 9.55. The fourth-order valence-electron chi connectivity index (χ4n) is 7.44. The van der Waals surface area contributed by atoms with E-state index >= 15 is 0 Å². The van der Waals surface area contributed by atoms with Crippen LogP contribution in [-0.2, 0) is 0 Å². The Morgan fingerprint density at radius 1 is 0.408 bits per heavy atom. The Kier molecular flexibility index (Phi) is 6.11. The summed E-state index contributed by atoms with van der Waals surface area (Å²) in [5.74, 6) is 0. The van der Waals surface area contributed by atoms with Crippen molar-refractivity contribution in [3.05, 3.63) is 164 Å². The van der Waals surface area contributed by atoms with Crippen molar-refractivity contribution in [1.29, 1.82) is 0 Å². The van der Waals surface area contributed by atoms with Crippen LogP contribution in [0, 0.1) is 0 Å². The maximum absolute atomic E-state index is 5.08. The lowest BCUT2D eigenvalue weighted by Gasteiger charge is -2.18. The zero-order valence-corrected chi connectivity index (χ0v) is 26.3. The van der Waals surface area contributed by atoms with Gasteiger partial charge in [-0.15, -0.1) is 10.2 Å². The average Bonchev–Trinajstić information content (AvgIpc) is 3.61. The average molecular weight is 626 g/mol. The largest absolute Gasteiger partial charge is 0.265 e. The Balaban J connectivity index is 1.18. The molecule has 3 heterocycles. The summed E-state index contributed by atoms with van der Waals surface area (Å²) in [6.45, 7) is 0. The third-order valence-electron chi connectivity index (χ3n) is 9.64. The number of fused-ring (bicyclic) bond motifs is 6. The summed E-state index contributed by atoms with van der Waals surface area (Å²) in [7, 11) is 0. The molecule has 5 nitrogen and oxygen atoms in total. The standard InChI is InChI=1S/C44H27N5/c1-2-10-32-30(9-1)26-46-27-40(32)28-17-19-31(20-18-28)49-47-41-25-39(33-11-3-8-16-38(33)44(41)48-49)43-36-14-6-4-12-34(36)42(29-21-23-45-24-22-29)35-13-5-7-15-37(35)43/h1-27H. The molecule has 0 N–H and O–H groups in total. The van der Waals surface area contributed by atoms with Crippen molar-refractivity contribution in [3.63, 3.8) is 0 Å². The monoisotopic (exact) mass is 625 g/mol. The van der Waals surface area contributed by atoms with E-state index in [1.165, 1.54) is 38.1 Å². The maximum Gasteiger partial charge on any atom is 0.121 e. The van der Waals surface area contributed by atoms with Crippen LogP contribution in [0.15, 0.2) is 164 Å². The molecule has 0 unspecified atom stereocenters. The number of benzene rings is 7. The number of hydrogen-bond donors (Lipinski definition) is 0. The predicted molar refractivity (Wildman–Crippen MR) is 201 cm³/mol. The van der Waals surface area contributed by atoms with Gasteiger partial charge < -0.3 is 0 Å². The van der Waals surface area contributed by atoms with Crippen LogP contribution >= 0.6 is 0 Å². The van der Waals surface area contributed by atoms with Gasteiger partial charge in [-0.1, -0.05) is 109 Å². The van der Waals surface area contributed by atoms with E-state index in [0.29, 0.717) is 0 Å². The highest BCUT2D eigenvalue weighted by molar-refractivity contribution is 6.25. The zero-order chi connectivity index (χ0) is 32.3. The SMILES string of the molecule is c1ccc2c(-c3ccc(-n4nc5cc(-c6c7ccccc7c(-c7ccncc7)c7ccccc67)c6ccccc6c5n4)cc3)cncc2c1. The molecule has 0 atom stereocenters. The third-order valence-corrected chi connectivity index (χ3v) is 9.64. The van der Waals surface area contributed by atoms with Crippen molar-refractivity contribution in [3.8, 4) is 39.1 Å². The van der Waals surface area contributed by atoms with Gasteiger partial charge in [-0.3, -0.25) is 9.97 Å². The Bertz CT molecular complexity index is 2810. The molecule has 3 aromatic heterocycles. The lowest BCUT2D eigenvalue weighted by Crippen LogP contribution is -1.98. The first kappa shape index (κ1) is 27.4. The smallest absolute Gasteiger partial charge is 0.121 e. The fourth-order valence-corrected chi connectivity index (χ4v) is 7.44. The van der Waals surface area contributed by atoms with Gasteiger partial charge in [-0.2, -0.15) is 4.80 Å². The van der Waals surface area contributed by atoms with Crippen molar-refractivity contribution in [2.24, 2.45) is 0 Å². The quantitative estimate of drug-likeness (QED) is 0.183. The molecule has 228 valence electrons.